The van der Waals surface area contributed by atoms with Gasteiger partial charge in [-0.25, -0.2) is 13.1 Å². The van der Waals surface area contributed by atoms with Crippen LogP contribution in [0.15, 0.2) is 53.0 Å². The summed E-state index contributed by atoms with van der Waals surface area (Å²) in [6.45, 7) is 1.81. The zero-order valence-corrected chi connectivity index (χ0v) is 14.0. The predicted octanol–water partition coefficient (Wildman–Crippen LogP) is 3.21. The van der Waals surface area contributed by atoms with Gasteiger partial charge in [0.1, 0.15) is 0 Å². The molecule has 2 aromatic carbocycles. The number of anilines is 1. The molecule has 2 aromatic rings. The van der Waals surface area contributed by atoms with Crippen LogP contribution in [-0.2, 0) is 15.8 Å². The van der Waals surface area contributed by atoms with Crippen LogP contribution in [0.5, 0.6) is 0 Å². The van der Waals surface area contributed by atoms with Crippen LogP contribution in [0.3, 0.4) is 0 Å². The molecule has 0 unspecified atom stereocenters. The number of para-hydroxylation sites is 1. The van der Waals surface area contributed by atoms with Gasteiger partial charge in [0.15, 0.2) is 0 Å². The molecule has 0 saturated carbocycles. The summed E-state index contributed by atoms with van der Waals surface area (Å²) < 4.78 is 28.1. The number of nitrogens with two attached hydrogens (primary N) is 1. The van der Waals surface area contributed by atoms with Crippen molar-refractivity contribution in [3.05, 3.63) is 64.1 Å². The van der Waals surface area contributed by atoms with Crippen LogP contribution in [0, 0.1) is 0 Å². The largest absolute Gasteiger partial charge is 0.398 e. The summed E-state index contributed by atoms with van der Waals surface area (Å²) in [5.74, 6) is -0.124. The van der Waals surface area contributed by atoms with Gasteiger partial charge in [0.05, 0.1) is 5.75 Å². The molecule has 1 atom stereocenters. The highest BCUT2D eigenvalue weighted by Crippen LogP contribution is 2.19. The Morgan fingerprint density at radius 2 is 1.76 bits per heavy atom. The van der Waals surface area contributed by atoms with E-state index >= 15 is 0 Å². The quantitative estimate of drug-likeness (QED) is 0.795. The maximum Gasteiger partial charge on any atom is 0.216 e. The van der Waals surface area contributed by atoms with E-state index in [0.29, 0.717) is 11.3 Å². The Hall–Kier alpha value is -1.37. The van der Waals surface area contributed by atoms with Gasteiger partial charge < -0.3 is 5.73 Å². The number of nitrogen functional groups attached to an aromatic ring is 1. The van der Waals surface area contributed by atoms with Crippen molar-refractivity contribution in [3.8, 4) is 0 Å². The van der Waals surface area contributed by atoms with Crippen LogP contribution in [-0.4, -0.2) is 8.42 Å². The first kappa shape index (κ1) is 16.0. The average Bonchev–Trinajstić information content (AvgIpc) is 2.41. The van der Waals surface area contributed by atoms with Crippen molar-refractivity contribution >= 4 is 31.6 Å². The second-order valence-electron chi connectivity index (χ2n) is 4.85. The lowest BCUT2D eigenvalue weighted by Crippen LogP contribution is -2.28. The lowest BCUT2D eigenvalue weighted by molar-refractivity contribution is 0.566. The second-order valence-corrected chi connectivity index (χ2v) is 7.52. The topological polar surface area (TPSA) is 72.2 Å². The first-order valence-corrected chi connectivity index (χ1v) is 8.91. The standard InChI is InChI=1S/C15H17BrN2O2S/c1-11(12-6-8-14(16)9-7-12)18-21(19,20)10-13-4-2-3-5-15(13)17/h2-9,11,18H,10,17H2,1H3/t11-/m1/s1. The maximum atomic E-state index is 12.2. The molecule has 0 radical (unpaired) electrons. The van der Waals surface area contributed by atoms with Crippen molar-refractivity contribution < 1.29 is 8.42 Å². The lowest BCUT2D eigenvalue weighted by Gasteiger charge is -2.15. The number of hydrogen-bond donors (Lipinski definition) is 2. The minimum atomic E-state index is -3.46. The van der Waals surface area contributed by atoms with E-state index in [1.54, 1.807) is 24.3 Å². The Morgan fingerprint density at radius 1 is 1.14 bits per heavy atom. The summed E-state index contributed by atoms with van der Waals surface area (Å²) in [5.41, 5.74) is 7.78. The van der Waals surface area contributed by atoms with E-state index in [-0.39, 0.29) is 11.8 Å². The van der Waals surface area contributed by atoms with E-state index in [1.165, 1.54) is 0 Å². The summed E-state index contributed by atoms with van der Waals surface area (Å²) in [5, 5.41) is 0. The van der Waals surface area contributed by atoms with Crippen LogP contribution >= 0.6 is 15.9 Å². The molecule has 0 heterocycles. The molecule has 0 aliphatic heterocycles. The van der Waals surface area contributed by atoms with Gasteiger partial charge in [0.2, 0.25) is 10.0 Å². The highest BCUT2D eigenvalue weighted by atomic mass is 79.9. The molecule has 2 rings (SSSR count). The number of rotatable bonds is 5. The maximum absolute atomic E-state index is 12.2. The summed E-state index contributed by atoms with van der Waals surface area (Å²) in [6.07, 6.45) is 0. The van der Waals surface area contributed by atoms with Crippen LogP contribution in [0.25, 0.3) is 0 Å². The molecule has 0 aromatic heterocycles. The third-order valence-corrected chi connectivity index (χ3v) is 5.06. The smallest absolute Gasteiger partial charge is 0.216 e. The minimum Gasteiger partial charge on any atom is -0.398 e. The van der Waals surface area contributed by atoms with Crippen LogP contribution in [0.1, 0.15) is 24.1 Å². The number of hydrogen-bond acceptors (Lipinski definition) is 3. The van der Waals surface area contributed by atoms with Crippen molar-refractivity contribution in [2.24, 2.45) is 0 Å². The average molecular weight is 369 g/mol. The van der Waals surface area contributed by atoms with Gasteiger partial charge in [0.25, 0.3) is 0 Å². The molecule has 0 aliphatic carbocycles. The Labute approximate surface area is 133 Å². The molecule has 4 nitrogen and oxygen atoms in total. The van der Waals surface area contributed by atoms with Gasteiger partial charge in [-0.15, -0.1) is 0 Å². The van der Waals surface area contributed by atoms with Gasteiger partial charge in [-0.2, -0.15) is 0 Å². The summed E-state index contributed by atoms with van der Waals surface area (Å²) >= 11 is 3.36. The fraction of sp³-hybridized carbons (Fsp3) is 0.200. The fourth-order valence-electron chi connectivity index (χ4n) is 2.00. The van der Waals surface area contributed by atoms with E-state index < -0.39 is 10.0 Å². The molecule has 3 N–H and O–H groups in total. The van der Waals surface area contributed by atoms with E-state index in [2.05, 4.69) is 20.7 Å². The van der Waals surface area contributed by atoms with Crippen LogP contribution in [0.2, 0.25) is 0 Å². The second kappa shape index (κ2) is 6.60. The third kappa shape index (κ3) is 4.56. The Bertz CT molecular complexity index is 715. The molecular weight excluding hydrogens is 352 g/mol. The minimum absolute atomic E-state index is 0.124. The van der Waals surface area contributed by atoms with E-state index in [9.17, 15) is 8.42 Å². The molecular formula is C15H17BrN2O2S. The molecule has 0 spiro atoms. The highest BCUT2D eigenvalue weighted by Gasteiger charge is 2.17. The molecule has 0 bridgehead atoms. The Balaban J connectivity index is 2.10. The van der Waals surface area contributed by atoms with Crippen LogP contribution < -0.4 is 10.5 Å². The zero-order valence-electron chi connectivity index (χ0n) is 11.6. The van der Waals surface area contributed by atoms with Gasteiger partial charge in [-0.05, 0) is 36.2 Å². The Kier molecular flexibility index (Phi) is 5.03. The van der Waals surface area contributed by atoms with E-state index in [0.717, 1.165) is 10.0 Å². The third-order valence-electron chi connectivity index (χ3n) is 3.13. The Morgan fingerprint density at radius 3 is 2.38 bits per heavy atom. The summed E-state index contributed by atoms with van der Waals surface area (Å²) in [7, 11) is -3.46. The summed E-state index contributed by atoms with van der Waals surface area (Å²) in [6, 6.07) is 14.2. The normalized spacial score (nSPS) is 13.0. The lowest BCUT2D eigenvalue weighted by atomic mass is 10.1. The first-order valence-electron chi connectivity index (χ1n) is 6.46. The van der Waals surface area contributed by atoms with Crippen molar-refractivity contribution in [2.45, 2.75) is 18.7 Å². The fourth-order valence-corrected chi connectivity index (χ4v) is 3.70. The van der Waals surface area contributed by atoms with Gasteiger partial charge in [-0.1, -0.05) is 46.3 Å². The van der Waals surface area contributed by atoms with Crippen LogP contribution in [0.4, 0.5) is 5.69 Å². The molecule has 0 aliphatic rings. The molecule has 21 heavy (non-hydrogen) atoms. The molecule has 0 fully saturated rings. The van der Waals surface area contributed by atoms with Gasteiger partial charge in [0, 0.05) is 16.2 Å². The monoisotopic (exact) mass is 368 g/mol. The van der Waals surface area contributed by atoms with Crippen molar-refractivity contribution in [1.82, 2.24) is 4.72 Å². The van der Waals surface area contributed by atoms with E-state index in [1.807, 2.05) is 31.2 Å². The highest BCUT2D eigenvalue weighted by molar-refractivity contribution is 9.10. The predicted molar refractivity (Wildman–Crippen MR) is 89.2 cm³/mol. The molecule has 0 saturated heterocycles. The van der Waals surface area contributed by atoms with Crippen molar-refractivity contribution in [2.75, 3.05) is 5.73 Å². The SMILES string of the molecule is C[C@@H](NS(=O)(=O)Cc1ccccc1N)c1ccc(Br)cc1. The molecule has 112 valence electrons. The number of halogens is 1. The van der Waals surface area contributed by atoms with Crippen molar-refractivity contribution in [3.63, 3.8) is 0 Å². The van der Waals surface area contributed by atoms with Gasteiger partial charge >= 0.3 is 0 Å². The first-order chi connectivity index (χ1) is 9.87. The molecule has 6 heteroatoms. The van der Waals surface area contributed by atoms with Crippen molar-refractivity contribution in [1.29, 1.82) is 0 Å². The van der Waals surface area contributed by atoms with E-state index in [4.69, 9.17) is 5.73 Å². The summed E-state index contributed by atoms with van der Waals surface area (Å²) in [4.78, 5) is 0. The number of nitrogens with one attached hydrogen (secondary N) is 1. The zero-order chi connectivity index (χ0) is 15.5. The molecule has 0 amide bonds. The number of benzene rings is 2. The van der Waals surface area contributed by atoms with Gasteiger partial charge in [-0.3, -0.25) is 0 Å². The number of sulfonamides is 1.